The number of hydrogen-bond acceptors (Lipinski definition) is 3. The Bertz CT molecular complexity index is 403. The number of nitrogens with two attached hydrogens (primary N) is 1. The van der Waals surface area contributed by atoms with Gasteiger partial charge in [-0.3, -0.25) is 0 Å². The lowest BCUT2D eigenvalue weighted by Crippen LogP contribution is -2.09. The molecule has 0 unspecified atom stereocenters. The lowest BCUT2D eigenvalue weighted by atomic mass is 10.3. The summed E-state index contributed by atoms with van der Waals surface area (Å²) < 4.78 is 39.8. The summed E-state index contributed by atoms with van der Waals surface area (Å²) >= 11 is 0. The molecule has 0 amide bonds. The second-order valence-corrected chi connectivity index (χ2v) is 6.67. The van der Waals surface area contributed by atoms with Gasteiger partial charge in [-0.2, -0.15) is 8.78 Å². The van der Waals surface area contributed by atoms with Crippen LogP contribution in [0.15, 0.2) is 18.2 Å². The Morgan fingerprint density at radius 2 is 2.00 bits per heavy atom. The van der Waals surface area contributed by atoms with E-state index in [1.165, 1.54) is 12.1 Å². The quantitative estimate of drug-likeness (QED) is 0.644. The molecule has 0 radical (unpaired) electrons. The normalized spacial score (nSPS) is 11.8. The minimum Gasteiger partial charge on any atom is -0.433 e. The van der Waals surface area contributed by atoms with Gasteiger partial charge in [0, 0.05) is 5.30 Å². The lowest BCUT2D eigenvalue weighted by Gasteiger charge is -2.12. The first-order chi connectivity index (χ1) is 6.80. The zero-order chi connectivity index (χ0) is 11.6. The van der Waals surface area contributed by atoms with Crippen LogP contribution in [0.4, 0.5) is 14.5 Å². The fraction of sp³-hybridized carbons (Fsp3) is 0.333. The first-order valence-electron chi connectivity index (χ1n) is 4.20. The molecular formula is C9H12F2NO2P. The number of anilines is 1. The maximum absolute atomic E-state index is 12.0. The molecule has 15 heavy (non-hydrogen) atoms. The predicted octanol–water partition coefficient (Wildman–Crippen LogP) is 2.12. The van der Waals surface area contributed by atoms with Crippen molar-refractivity contribution in [2.75, 3.05) is 19.1 Å². The van der Waals surface area contributed by atoms with Crippen LogP contribution in [0.3, 0.4) is 0 Å². The second kappa shape index (κ2) is 4.19. The van der Waals surface area contributed by atoms with Crippen LogP contribution in [0.5, 0.6) is 5.75 Å². The van der Waals surface area contributed by atoms with Crippen LogP contribution in [0.2, 0.25) is 0 Å². The van der Waals surface area contributed by atoms with Gasteiger partial charge in [0.25, 0.3) is 0 Å². The maximum atomic E-state index is 12.0. The highest BCUT2D eigenvalue weighted by molar-refractivity contribution is 7.70. The van der Waals surface area contributed by atoms with Gasteiger partial charge in [0.15, 0.2) is 0 Å². The number of benzene rings is 1. The first kappa shape index (κ1) is 12.0. The minimum atomic E-state index is -2.93. The molecule has 0 spiro atoms. The van der Waals surface area contributed by atoms with E-state index in [9.17, 15) is 13.3 Å². The standard InChI is InChI=1S/C9H12F2NO2P/c1-15(2,13)6-3-4-7(12)8(5-6)14-9(10)11/h3-5,9H,12H2,1-2H3. The molecule has 6 heteroatoms. The van der Waals surface area contributed by atoms with E-state index in [0.717, 1.165) is 0 Å². The monoisotopic (exact) mass is 235 g/mol. The number of halogens is 2. The smallest absolute Gasteiger partial charge is 0.387 e. The van der Waals surface area contributed by atoms with E-state index in [1.54, 1.807) is 19.4 Å². The van der Waals surface area contributed by atoms with Gasteiger partial charge in [0.2, 0.25) is 0 Å². The van der Waals surface area contributed by atoms with Crippen molar-refractivity contribution in [1.29, 1.82) is 0 Å². The SMILES string of the molecule is CP(C)(=O)c1ccc(N)c(OC(F)F)c1. The molecular weight excluding hydrogens is 223 g/mol. The van der Waals surface area contributed by atoms with Gasteiger partial charge >= 0.3 is 6.61 Å². The summed E-state index contributed by atoms with van der Waals surface area (Å²) in [5, 5.41) is 0.465. The van der Waals surface area contributed by atoms with Gasteiger partial charge in [0.1, 0.15) is 12.9 Å². The van der Waals surface area contributed by atoms with Crippen molar-refractivity contribution in [2.24, 2.45) is 0 Å². The highest BCUT2D eigenvalue weighted by Gasteiger charge is 2.15. The van der Waals surface area contributed by atoms with Gasteiger partial charge in [0.05, 0.1) is 5.69 Å². The van der Waals surface area contributed by atoms with E-state index in [0.29, 0.717) is 5.30 Å². The van der Waals surface area contributed by atoms with Crippen molar-refractivity contribution < 1.29 is 18.1 Å². The molecule has 0 saturated carbocycles. The third-order valence-electron chi connectivity index (χ3n) is 1.84. The van der Waals surface area contributed by atoms with E-state index in [-0.39, 0.29) is 11.4 Å². The molecule has 0 atom stereocenters. The van der Waals surface area contributed by atoms with Gasteiger partial charge in [-0.15, -0.1) is 0 Å². The highest BCUT2D eigenvalue weighted by Crippen LogP contribution is 2.37. The Labute approximate surface area is 86.6 Å². The summed E-state index contributed by atoms with van der Waals surface area (Å²) in [7, 11) is -2.49. The molecule has 0 fully saturated rings. The Hall–Kier alpha value is -1.09. The summed E-state index contributed by atoms with van der Waals surface area (Å²) in [5.41, 5.74) is 5.54. The van der Waals surface area contributed by atoms with Crippen LogP contribution >= 0.6 is 7.14 Å². The van der Waals surface area contributed by atoms with E-state index < -0.39 is 13.8 Å². The first-order valence-corrected chi connectivity index (χ1v) is 6.80. The molecule has 0 aliphatic heterocycles. The molecule has 0 aliphatic carbocycles. The van der Waals surface area contributed by atoms with Gasteiger partial charge in [-0.25, -0.2) is 0 Å². The van der Waals surface area contributed by atoms with Crippen LogP contribution in [0.25, 0.3) is 0 Å². The minimum absolute atomic E-state index is 0.104. The third kappa shape index (κ3) is 3.20. The van der Waals surface area contributed by atoms with Crippen LogP contribution in [-0.4, -0.2) is 19.9 Å². The van der Waals surface area contributed by atoms with E-state index in [1.807, 2.05) is 0 Å². The maximum Gasteiger partial charge on any atom is 0.387 e. The van der Waals surface area contributed by atoms with E-state index >= 15 is 0 Å². The highest BCUT2D eigenvalue weighted by atomic mass is 31.2. The van der Waals surface area contributed by atoms with Crippen molar-refractivity contribution in [1.82, 2.24) is 0 Å². The lowest BCUT2D eigenvalue weighted by molar-refractivity contribution is -0.0492. The molecule has 0 aliphatic rings. The van der Waals surface area contributed by atoms with Crippen molar-refractivity contribution in [3.05, 3.63) is 18.2 Å². The fourth-order valence-electron chi connectivity index (χ4n) is 1.06. The van der Waals surface area contributed by atoms with Gasteiger partial charge < -0.3 is 15.0 Å². The summed E-state index contributed by atoms with van der Waals surface area (Å²) in [6, 6.07) is 4.25. The number of hydrogen-bond donors (Lipinski definition) is 1. The molecule has 0 aromatic heterocycles. The molecule has 84 valence electrons. The number of rotatable bonds is 3. The summed E-state index contributed by atoms with van der Waals surface area (Å²) in [6.07, 6.45) is 0. The third-order valence-corrected chi connectivity index (χ3v) is 3.36. The average Bonchev–Trinajstić information content (AvgIpc) is 2.06. The number of ether oxygens (including phenoxy) is 1. The van der Waals surface area contributed by atoms with E-state index in [2.05, 4.69) is 4.74 Å². The zero-order valence-electron chi connectivity index (χ0n) is 8.41. The Morgan fingerprint density at radius 3 is 2.47 bits per heavy atom. The summed E-state index contributed by atoms with van der Waals surface area (Å²) in [6.45, 7) is 0.158. The molecule has 1 aromatic carbocycles. The molecule has 0 bridgehead atoms. The number of alkyl halides is 2. The Kier molecular flexibility index (Phi) is 3.35. The van der Waals surface area contributed by atoms with Crippen molar-refractivity contribution in [3.8, 4) is 5.75 Å². The van der Waals surface area contributed by atoms with Crippen molar-refractivity contribution in [2.45, 2.75) is 6.61 Å². The molecule has 0 heterocycles. The molecule has 1 rings (SSSR count). The van der Waals surface area contributed by atoms with Crippen LogP contribution in [0, 0.1) is 0 Å². The zero-order valence-corrected chi connectivity index (χ0v) is 9.30. The molecule has 1 aromatic rings. The molecule has 3 nitrogen and oxygen atoms in total. The fourth-order valence-corrected chi connectivity index (χ4v) is 1.92. The predicted molar refractivity (Wildman–Crippen MR) is 56.6 cm³/mol. The second-order valence-electron chi connectivity index (χ2n) is 3.45. The average molecular weight is 235 g/mol. The Balaban J connectivity index is 3.11. The molecule has 0 saturated heterocycles. The van der Waals surface area contributed by atoms with Crippen LogP contribution < -0.4 is 15.8 Å². The van der Waals surface area contributed by atoms with Crippen LogP contribution in [-0.2, 0) is 4.57 Å². The van der Waals surface area contributed by atoms with Gasteiger partial charge in [-0.05, 0) is 31.5 Å². The van der Waals surface area contributed by atoms with Crippen molar-refractivity contribution in [3.63, 3.8) is 0 Å². The van der Waals surface area contributed by atoms with Crippen molar-refractivity contribution >= 4 is 18.1 Å². The number of nitrogen functional groups attached to an aromatic ring is 1. The largest absolute Gasteiger partial charge is 0.433 e. The summed E-state index contributed by atoms with van der Waals surface area (Å²) in [5.74, 6) is -0.133. The Morgan fingerprint density at radius 1 is 1.40 bits per heavy atom. The van der Waals surface area contributed by atoms with Gasteiger partial charge in [-0.1, -0.05) is 0 Å². The molecule has 2 N–H and O–H groups in total. The topological polar surface area (TPSA) is 52.3 Å². The summed E-state index contributed by atoms with van der Waals surface area (Å²) in [4.78, 5) is 0. The van der Waals surface area contributed by atoms with E-state index in [4.69, 9.17) is 5.73 Å². The van der Waals surface area contributed by atoms with Crippen LogP contribution in [0.1, 0.15) is 0 Å².